The van der Waals surface area contributed by atoms with E-state index in [0.717, 1.165) is 0 Å². The van der Waals surface area contributed by atoms with E-state index in [1.165, 1.54) is 0 Å². The van der Waals surface area contributed by atoms with Crippen LogP contribution in [0, 0.1) is 0 Å². The number of allylic oxidation sites excluding steroid dienone is 1. The minimum atomic E-state index is -7.25. The van der Waals surface area contributed by atoms with Gasteiger partial charge in [-0.3, -0.25) is 0 Å². The van der Waals surface area contributed by atoms with Crippen LogP contribution in [0.5, 0.6) is 0 Å². The lowest BCUT2D eigenvalue weighted by atomic mass is 9.69. The lowest BCUT2D eigenvalue weighted by Gasteiger charge is -2.56. The van der Waals surface area contributed by atoms with Gasteiger partial charge in [-0.2, -0.15) is 65.9 Å². The van der Waals surface area contributed by atoms with E-state index in [2.05, 4.69) is 0 Å². The van der Waals surface area contributed by atoms with Crippen LogP contribution in [0.4, 0.5) is 70.2 Å². The molecule has 1 saturated heterocycles. The first-order valence-electron chi connectivity index (χ1n) is 5.52. The fourth-order valence-corrected chi connectivity index (χ4v) is 2.18. The Morgan fingerprint density at radius 3 is 1.08 bits per heavy atom. The summed E-state index contributed by atoms with van der Waals surface area (Å²) in [4.78, 5) is 0. The molecule has 0 aliphatic carbocycles. The first-order chi connectivity index (χ1) is 10.9. The molecule has 1 nitrogen and oxygen atoms in total. The van der Waals surface area contributed by atoms with Crippen LogP contribution in [0.3, 0.4) is 0 Å². The first kappa shape index (κ1) is 22.6. The van der Waals surface area contributed by atoms with Crippen molar-refractivity contribution in [2.24, 2.45) is 0 Å². The largest absolute Gasteiger partial charge is 0.440 e. The van der Waals surface area contributed by atoms with E-state index < -0.39 is 58.7 Å². The second-order valence-electron chi connectivity index (χ2n) is 4.77. The molecular weight excluding hydrogens is 426 g/mol. The Bertz CT molecular complexity index is 564. The van der Waals surface area contributed by atoms with Crippen LogP contribution in [-0.4, -0.2) is 42.2 Å². The molecule has 0 spiro atoms. The molecule has 0 aromatic heterocycles. The highest BCUT2D eigenvalue weighted by Gasteiger charge is 2.90. The summed E-state index contributed by atoms with van der Waals surface area (Å²) in [6, 6.07) is 0. The van der Waals surface area contributed by atoms with Crippen LogP contribution >= 0.6 is 0 Å². The fourth-order valence-electron chi connectivity index (χ4n) is 2.18. The number of halogens is 16. The van der Waals surface area contributed by atoms with Crippen molar-refractivity contribution in [2.45, 2.75) is 42.2 Å². The summed E-state index contributed by atoms with van der Waals surface area (Å²) in [7, 11) is 0. The van der Waals surface area contributed by atoms with Crippen LogP contribution in [0.25, 0.3) is 0 Å². The highest BCUT2D eigenvalue weighted by molar-refractivity contribution is 5.51. The predicted molar refractivity (Wildman–Crippen MR) is 47.0 cm³/mol. The molecule has 0 bridgehead atoms. The Morgan fingerprint density at radius 1 is 0.577 bits per heavy atom. The molecule has 1 aliphatic rings. The van der Waals surface area contributed by atoms with Gasteiger partial charge in [-0.1, -0.05) is 0 Å². The Balaban J connectivity index is 4.16. The molecule has 1 N–H and O–H groups in total. The summed E-state index contributed by atoms with van der Waals surface area (Å²) in [6.07, 6.45) is -36.0. The molecule has 1 atom stereocenters. The lowest BCUT2D eigenvalue weighted by molar-refractivity contribution is -0.365. The summed E-state index contributed by atoms with van der Waals surface area (Å²) >= 11 is 0. The molecule has 154 valence electrons. The fraction of sp³-hybridized carbons (Fsp3) is 0.778. The molecule has 1 aliphatic heterocycles. The van der Waals surface area contributed by atoms with Crippen molar-refractivity contribution in [2.75, 3.05) is 0 Å². The minimum Gasteiger partial charge on any atom is -0.248 e. The van der Waals surface area contributed by atoms with Gasteiger partial charge >= 0.3 is 30.9 Å². The van der Waals surface area contributed by atoms with Gasteiger partial charge in [-0.25, -0.2) is 9.71 Å². The Labute approximate surface area is 130 Å². The molecule has 0 aromatic carbocycles. The first-order valence-corrected chi connectivity index (χ1v) is 5.52. The molecule has 0 radical (unpaired) electrons. The summed E-state index contributed by atoms with van der Waals surface area (Å²) in [5.41, 5.74) is -16.1. The van der Waals surface area contributed by atoms with Gasteiger partial charge in [0.25, 0.3) is 5.79 Å². The minimum absolute atomic E-state index is 0.835. The van der Waals surface area contributed by atoms with Crippen LogP contribution < -0.4 is 5.32 Å². The summed E-state index contributed by atoms with van der Waals surface area (Å²) in [5.74, 6) is -6.39. The molecular formula is C9HF16N. The van der Waals surface area contributed by atoms with Crippen molar-refractivity contribution >= 4 is 0 Å². The van der Waals surface area contributed by atoms with Crippen LogP contribution in [0.2, 0.25) is 0 Å². The zero-order valence-corrected chi connectivity index (χ0v) is 11.0. The monoisotopic (exact) mass is 427 g/mol. The summed E-state index contributed by atoms with van der Waals surface area (Å²) in [6.45, 7) is 0. The molecule has 26 heavy (non-hydrogen) atoms. The van der Waals surface area contributed by atoms with Crippen LogP contribution in [0.1, 0.15) is 0 Å². The van der Waals surface area contributed by atoms with Gasteiger partial charge in [-0.15, -0.1) is 0 Å². The van der Waals surface area contributed by atoms with Gasteiger partial charge in [-0.05, 0) is 0 Å². The van der Waals surface area contributed by atoms with Gasteiger partial charge in [0.05, 0.1) is 0 Å². The maximum absolute atomic E-state index is 13.7. The van der Waals surface area contributed by atoms with Gasteiger partial charge in [0, 0.05) is 5.57 Å². The molecule has 0 saturated carbocycles. The summed E-state index contributed by atoms with van der Waals surface area (Å²) < 4.78 is 202. The SMILES string of the molecule is FC(F)(F)C(=C1C(F)(C(F)(F)F)NC1(C(F)(F)F)C(F)(F)F)C(F)(F)F. The Hall–Kier alpha value is -1.42. The zero-order chi connectivity index (χ0) is 21.4. The number of hydrogen-bond donors (Lipinski definition) is 1. The van der Waals surface area contributed by atoms with E-state index in [0.29, 0.717) is 0 Å². The highest BCUT2D eigenvalue weighted by atomic mass is 19.4. The Kier molecular flexibility index (Phi) is 4.62. The van der Waals surface area contributed by atoms with Gasteiger partial charge in [0.15, 0.2) is 0 Å². The number of rotatable bonds is 0. The average molecular weight is 427 g/mol. The smallest absolute Gasteiger partial charge is 0.248 e. The summed E-state index contributed by atoms with van der Waals surface area (Å²) in [5, 5.41) is -0.835. The van der Waals surface area contributed by atoms with Crippen molar-refractivity contribution in [1.29, 1.82) is 0 Å². The van der Waals surface area contributed by atoms with Gasteiger partial charge in [0.1, 0.15) is 5.57 Å². The van der Waals surface area contributed by atoms with Crippen molar-refractivity contribution in [3.63, 3.8) is 0 Å². The van der Waals surface area contributed by atoms with Crippen LogP contribution in [0.15, 0.2) is 11.1 Å². The van der Waals surface area contributed by atoms with Crippen molar-refractivity contribution in [3.8, 4) is 0 Å². The number of hydrogen-bond acceptors (Lipinski definition) is 1. The molecule has 0 amide bonds. The van der Waals surface area contributed by atoms with E-state index in [-0.39, 0.29) is 0 Å². The molecule has 1 fully saturated rings. The van der Waals surface area contributed by atoms with Crippen molar-refractivity contribution < 1.29 is 70.2 Å². The molecule has 1 rings (SSSR count). The molecule has 1 unspecified atom stereocenters. The standard InChI is InChI=1S/C9HF16N/c10-4(9(23,24)25)1(2(5(11,12)13)6(14,15)16)3(26-4,7(17,18)19)8(20,21)22/h26H. The third-order valence-electron chi connectivity index (χ3n) is 3.14. The van der Waals surface area contributed by atoms with E-state index >= 15 is 0 Å². The van der Waals surface area contributed by atoms with E-state index in [4.69, 9.17) is 0 Å². The second kappa shape index (κ2) is 5.31. The van der Waals surface area contributed by atoms with E-state index in [9.17, 15) is 70.2 Å². The molecule has 0 aromatic rings. The molecule has 1 heterocycles. The lowest BCUT2D eigenvalue weighted by Crippen LogP contribution is -2.87. The topological polar surface area (TPSA) is 12.0 Å². The number of alkyl halides is 16. The van der Waals surface area contributed by atoms with E-state index in [1.54, 1.807) is 0 Å². The highest BCUT2D eigenvalue weighted by Crippen LogP contribution is 2.65. The predicted octanol–water partition coefficient (Wildman–Crippen LogP) is 5.10. The maximum Gasteiger partial charge on any atom is 0.440 e. The van der Waals surface area contributed by atoms with Crippen LogP contribution in [-0.2, 0) is 0 Å². The van der Waals surface area contributed by atoms with Crippen molar-refractivity contribution in [1.82, 2.24) is 5.32 Å². The van der Waals surface area contributed by atoms with E-state index in [1.807, 2.05) is 0 Å². The maximum atomic E-state index is 13.7. The van der Waals surface area contributed by atoms with Gasteiger partial charge in [0.2, 0.25) is 5.54 Å². The molecule has 17 heteroatoms. The van der Waals surface area contributed by atoms with Crippen molar-refractivity contribution in [3.05, 3.63) is 11.1 Å². The average Bonchev–Trinajstić information content (AvgIpc) is 2.24. The normalized spacial score (nSPS) is 25.2. The zero-order valence-electron chi connectivity index (χ0n) is 11.0. The van der Waals surface area contributed by atoms with Gasteiger partial charge < -0.3 is 0 Å². The third-order valence-corrected chi connectivity index (χ3v) is 3.14. The quantitative estimate of drug-likeness (QED) is 0.322. The second-order valence-corrected chi connectivity index (χ2v) is 4.77. The third kappa shape index (κ3) is 2.96. The number of nitrogens with one attached hydrogen (secondary N) is 1. The Morgan fingerprint density at radius 2 is 0.885 bits per heavy atom.